The first-order chi connectivity index (χ1) is 12.3. The van der Waals surface area contributed by atoms with E-state index in [9.17, 15) is 21.6 Å². The molecule has 0 aromatic heterocycles. The molecule has 1 aromatic carbocycles. The molecule has 0 unspecified atom stereocenters. The summed E-state index contributed by atoms with van der Waals surface area (Å²) in [6, 6.07) is 5.60. The van der Waals surface area contributed by atoms with Crippen LogP contribution < -0.4 is 5.32 Å². The molecular weight excluding hydrogens is 382 g/mol. The summed E-state index contributed by atoms with van der Waals surface area (Å²) in [5.41, 5.74) is 0.345. The number of nitrogens with zero attached hydrogens (tertiary/aromatic N) is 2. The topological polar surface area (TPSA) is 113 Å². The first-order valence-electron chi connectivity index (χ1n) is 8.22. The monoisotopic (exact) mass is 403 g/mol. The Morgan fingerprint density at radius 1 is 1.08 bits per heavy atom. The van der Waals surface area contributed by atoms with Gasteiger partial charge in [-0.15, -0.1) is 0 Å². The van der Waals surface area contributed by atoms with Gasteiger partial charge in [-0.1, -0.05) is 6.07 Å². The maximum atomic E-state index is 12.7. The Bertz CT molecular complexity index is 864. The SMILES string of the molecule is O=C(Nc1cccc(S(=O)(=O)N2CCOCC2)c1)N1CCS(=O)(=O)CC1. The van der Waals surface area contributed by atoms with E-state index in [-0.39, 0.29) is 29.5 Å². The molecule has 26 heavy (non-hydrogen) atoms. The van der Waals surface area contributed by atoms with Crippen LogP contribution in [0.2, 0.25) is 0 Å². The van der Waals surface area contributed by atoms with E-state index in [4.69, 9.17) is 4.74 Å². The van der Waals surface area contributed by atoms with Crippen LogP contribution in [0.5, 0.6) is 0 Å². The van der Waals surface area contributed by atoms with E-state index in [0.29, 0.717) is 32.0 Å². The second kappa shape index (κ2) is 7.51. The van der Waals surface area contributed by atoms with Gasteiger partial charge in [0.15, 0.2) is 9.84 Å². The number of rotatable bonds is 3. The van der Waals surface area contributed by atoms with Gasteiger partial charge >= 0.3 is 6.03 Å². The summed E-state index contributed by atoms with van der Waals surface area (Å²) >= 11 is 0. The summed E-state index contributed by atoms with van der Waals surface area (Å²) in [4.78, 5) is 13.8. The Hall–Kier alpha value is -1.69. The lowest BCUT2D eigenvalue weighted by molar-refractivity contribution is 0.0730. The predicted octanol–water partition coefficient (Wildman–Crippen LogP) is -0.0302. The maximum absolute atomic E-state index is 12.7. The largest absolute Gasteiger partial charge is 0.379 e. The molecule has 3 rings (SSSR count). The van der Waals surface area contributed by atoms with Crippen LogP contribution in [0.3, 0.4) is 0 Å². The van der Waals surface area contributed by atoms with Crippen molar-refractivity contribution >= 4 is 31.6 Å². The highest BCUT2D eigenvalue weighted by molar-refractivity contribution is 7.91. The van der Waals surface area contributed by atoms with Crippen LogP contribution in [-0.4, -0.2) is 83.0 Å². The number of benzene rings is 1. The van der Waals surface area contributed by atoms with Crippen LogP contribution in [0.15, 0.2) is 29.2 Å². The molecule has 2 heterocycles. The van der Waals surface area contributed by atoms with Gasteiger partial charge < -0.3 is 15.0 Å². The van der Waals surface area contributed by atoms with Crippen LogP contribution in [0, 0.1) is 0 Å². The Balaban J connectivity index is 1.70. The van der Waals surface area contributed by atoms with Crippen molar-refractivity contribution < 1.29 is 26.4 Å². The Morgan fingerprint density at radius 3 is 2.38 bits per heavy atom. The lowest BCUT2D eigenvalue weighted by Crippen LogP contribution is -2.45. The van der Waals surface area contributed by atoms with Crippen molar-refractivity contribution in [3.05, 3.63) is 24.3 Å². The van der Waals surface area contributed by atoms with Crippen LogP contribution in [0.1, 0.15) is 0 Å². The average Bonchev–Trinajstić information content (AvgIpc) is 2.62. The van der Waals surface area contributed by atoms with Gasteiger partial charge in [-0.25, -0.2) is 21.6 Å². The lowest BCUT2D eigenvalue weighted by Gasteiger charge is -2.27. The van der Waals surface area contributed by atoms with E-state index in [1.165, 1.54) is 21.3 Å². The van der Waals surface area contributed by atoms with E-state index < -0.39 is 25.9 Å². The summed E-state index contributed by atoms with van der Waals surface area (Å²) in [6.07, 6.45) is 0. The first-order valence-corrected chi connectivity index (χ1v) is 11.5. The fourth-order valence-electron chi connectivity index (χ4n) is 2.79. The van der Waals surface area contributed by atoms with Crippen molar-refractivity contribution in [3.63, 3.8) is 0 Å². The standard InChI is InChI=1S/C15H21N3O6S2/c19-15(17-6-10-25(20,21)11-7-17)16-13-2-1-3-14(12-13)26(22,23)18-4-8-24-9-5-18/h1-3,12H,4-11H2,(H,16,19). The van der Waals surface area contributed by atoms with E-state index in [2.05, 4.69) is 5.32 Å². The molecule has 11 heteroatoms. The molecule has 0 bridgehead atoms. The molecule has 0 spiro atoms. The van der Waals surface area contributed by atoms with Gasteiger partial charge in [-0.05, 0) is 18.2 Å². The minimum Gasteiger partial charge on any atom is -0.379 e. The summed E-state index contributed by atoms with van der Waals surface area (Å²) in [7, 11) is -6.73. The normalized spacial score (nSPS) is 21.3. The van der Waals surface area contributed by atoms with E-state index in [1.54, 1.807) is 12.1 Å². The second-order valence-electron chi connectivity index (χ2n) is 6.11. The molecule has 1 N–H and O–H groups in total. The molecule has 2 saturated heterocycles. The van der Waals surface area contributed by atoms with Gasteiger partial charge in [0.05, 0.1) is 29.6 Å². The third-order valence-electron chi connectivity index (χ3n) is 4.32. The number of hydrogen-bond donors (Lipinski definition) is 1. The van der Waals surface area contributed by atoms with Crippen molar-refractivity contribution in [2.45, 2.75) is 4.90 Å². The maximum Gasteiger partial charge on any atom is 0.321 e. The molecule has 0 aliphatic carbocycles. The number of sulfonamides is 1. The summed E-state index contributed by atoms with van der Waals surface area (Å²) in [5.74, 6) is -0.127. The predicted molar refractivity (Wildman–Crippen MR) is 95.3 cm³/mol. The fraction of sp³-hybridized carbons (Fsp3) is 0.533. The van der Waals surface area contributed by atoms with E-state index in [1.807, 2.05) is 0 Å². The summed E-state index contributed by atoms with van der Waals surface area (Å²) < 4.78 is 54.8. The van der Waals surface area contributed by atoms with Crippen molar-refractivity contribution in [2.24, 2.45) is 0 Å². The third kappa shape index (κ3) is 4.34. The number of hydrogen-bond acceptors (Lipinski definition) is 6. The highest BCUT2D eigenvalue weighted by Gasteiger charge is 2.27. The van der Waals surface area contributed by atoms with Crippen LogP contribution in [-0.2, 0) is 24.6 Å². The number of morpholine rings is 1. The Labute approximate surface area is 152 Å². The minimum absolute atomic E-state index is 0.0636. The molecule has 0 radical (unpaired) electrons. The number of ether oxygens (including phenoxy) is 1. The van der Waals surface area contributed by atoms with Gasteiger partial charge in [-0.2, -0.15) is 4.31 Å². The van der Waals surface area contributed by atoms with Crippen molar-refractivity contribution in [2.75, 3.05) is 56.2 Å². The molecule has 9 nitrogen and oxygen atoms in total. The summed E-state index contributed by atoms with van der Waals surface area (Å²) in [5, 5.41) is 2.64. The number of urea groups is 1. The minimum atomic E-state index is -3.65. The second-order valence-corrected chi connectivity index (χ2v) is 10.4. The van der Waals surface area contributed by atoms with E-state index >= 15 is 0 Å². The number of nitrogens with one attached hydrogen (secondary N) is 1. The van der Waals surface area contributed by atoms with E-state index in [0.717, 1.165) is 0 Å². The molecule has 2 fully saturated rings. The van der Waals surface area contributed by atoms with Gasteiger partial charge in [0.2, 0.25) is 10.0 Å². The van der Waals surface area contributed by atoms with Crippen LogP contribution in [0.25, 0.3) is 0 Å². The third-order valence-corrected chi connectivity index (χ3v) is 7.83. The van der Waals surface area contributed by atoms with Crippen molar-refractivity contribution in [1.82, 2.24) is 9.21 Å². The molecule has 2 aliphatic rings. The zero-order valence-corrected chi connectivity index (χ0v) is 15.8. The molecular formula is C15H21N3O6S2. The van der Waals surface area contributed by atoms with Gasteiger partial charge in [-0.3, -0.25) is 0 Å². The van der Waals surface area contributed by atoms with Gasteiger partial charge in [0, 0.05) is 31.9 Å². The smallest absolute Gasteiger partial charge is 0.321 e. The fourth-order valence-corrected chi connectivity index (χ4v) is 5.44. The summed E-state index contributed by atoms with van der Waals surface area (Å²) in [6.45, 7) is 1.54. The number of amides is 2. The number of carbonyl (C=O) groups is 1. The number of carbonyl (C=O) groups excluding carboxylic acids is 1. The molecule has 144 valence electrons. The zero-order valence-electron chi connectivity index (χ0n) is 14.1. The van der Waals surface area contributed by atoms with Crippen molar-refractivity contribution in [3.8, 4) is 0 Å². The van der Waals surface area contributed by atoms with Gasteiger partial charge in [0.1, 0.15) is 0 Å². The number of sulfone groups is 1. The Kier molecular flexibility index (Phi) is 5.51. The van der Waals surface area contributed by atoms with Gasteiger partial charge in [0.25, 0.3) is 0 Å². The molecule has 2 aliphatic heterocycles. The van der Waals surface area contributed by atoms with Crippen molar-refractivity contribution in [1.29, 1.82) is 0 Å². The molecule has 2 amide bonds. The Morgan fingerprint density at radius 2 is 1.73 bits per heavy atom. The quantitative estimate of drug-likeness (QED) is 0.758. The molecule has 0 atom stereocenters. The highest BCUT2D eigenvalue weighted by Crippen LogP contribution is 2.21. The molecule has 1 aromatic rings. The number of anilines is 1. The highest BCUT2D eigenvalue weighted by atomic mass is 32.2. The first kappa shape index (κ1) is 19.1. The van der Waals surface area contributed by atoms with Crippen LogP contribution >= 0.6 is 0 Å². The van der Waals surface area contributed by atoms with Crippen LogP contribution in [0.4, 0.5) is 10.5 Å². The zero-order chi connectivity index (χ0) is 18.8. The average molecular weight is 403 g/mol. The lowest BCUT2D eigenvalue weighted by atomic mass is 10.3. The molecule has 0 saturated carbocycles.